The summed E-state index contributed by atoms with van der Waals surface area (Å²) in [6, 6.07) is -0.405. The molecule has 0 bridgehead atoms. The maximum Gasteiger partial charge on any atom is 0.243 e. The Hall–Kier alpha value is -1.10. The molecule has 0 aromatic carbocycles. The van der Waals surface area contributed by atoms with Crippen molar-refractivity contribution in [1.82, 2.24) is 10.2 Å². The highest BCUT2D eigenvalue weighted by atomic mass is 16.2. The molecule has 0 aromatic rings. The molecule has 2 amide bonds. The highest BCUT2D eigenvalue weighted by molar-refractivity contribution is 5.92. The number of piperidine rings is 1. The van der Waals surface area contributed by atoms with Crippen LogP contribution in [0.2, 0.25) is 0 Å². The monoisotopic (exact) mass is 267 g/mol. The molecule has 19 heavy (non-hydrogen) atoms. The van der Waals surface area contributed by atoms with Gasteiger partial charge in [0.15, 0.2) is 0 Å². The van der Waals surface area contributed by atoms with E-state index >= 15 is 0 Å². The van der Waals surface area contributed by atoms with E-state index in [0.717, 1.165) is 45.1 Å². The summed E-state index contributed by atoms with van der Waals surface area (Å²) in [4.78, 5) is 26.2. The summed E-state index contributed by atoms with van der Waals surface area (Å²) in [5, 5.41) is 3.38. The Kier molecular flexibility index (Phi) is 4.45. The molecule has 2 saturated heterocycles. The summed E-state index contributed by atoms with van der Waals surface area (Å²) in [5.74, 6) is -0.270. The van der Waals surface area contributed by atoms with E-state index in [0.29, 0.717) is 13.0 Å². The van der Waals surface area contributed by atoms with Gasteiger partial charge in [0.1, 0.15) is 6.04 Å². The van der Waals surface area contributed by atoms with Gasteiger partial charge in [0.05, 0.1) is 5.54 Å². The van der Waals surface area contributed by atoms with E-state index in [1.807, 2.05) is 0 Å². The maximum atomic E-state index is 12.9. The van der Waals surface area contributed by atoms with Crippen LogP contribution in [0.5, 0.6) is 0 Å². The van der Waals surface area contributed by atoms with Gasteiger partial charge in [0, 0.05) is 6.54 Å². The van der Waals surface area contributed by atoms with Crippen LogP contribution >= 0.6 is 0 Å². The Morgan fingerprint density at radius 1 is 1.37 bits per heavy atom. The number of carbonyl (C=O) groups is 2. The van der Waals surface area contributed by atoms with Crippen molar-refractivity contribution in [3.05, 3.63) is 0 Å². The lowest BCUT2D eigenvalue weighted by molar-refractivity contribution is -0.146. The summed E-state index contributed by atoms with van der Waals surface area (Å²) < 4.78 is 0. The molecule has 0 aliphatic carbocycles. The quantitative estimate of drug-likeness (QED) is 0.790. The van der Waals surface area contributed by atoms with Crippen molar-refractivity contribution in [2.24, 2.45) is 5.73 Å². The van der Waals surface area contributed by atoms with E-state index in [-0.39, 0.29) is 11.8 Å². The molecule has 0 radical (unpaired) electrons. The SMILES string of the molecule is CCCC1(C(=O)N2CCCCC2C(N)=O)CCCN1. The number of hydrogen-bond donors (Lipinski definition) is 2. The summed E-state index contributed by atoms with van der Waals surface area (Å²) >= 11 is 0. The highest BCUT2D eigenvalue weighted by Gasteiger charge is 2.45. The van der Waals surface area contributed by atoms with E-state index in [2.05, 4.69) is 12.2 Å². The predicted molar refractivity (Wildman–Crippen MR) is 73.4 cm³/mol. The number of nitrogens with two attached hydrogens (primary N) is 1. The van der Waals surface area contributed by atoms with Gasteiger partial charge in [-0.1, -0.05) is 13.3 Å². The molecule has 5 nitrogen and oxygen atoms in total. The zero-order valence-electron chi connectivity index (χ0n) is 11.8. The van der Waals surface area contributed by atoms with Crippen LogP contribution < -0.4 is 11.1 Å². The third kappa shape index (κ3) is 2.76. The fourth-order valence-corrected chi connectivity index (χ4v) is 3.48. The van der Waals surface area contributed by atoms with Gasteiger partial charge in [-0.15, -0.1) is 0 Å². The van der Waals surface area contributed by atoms with Gasteiger partial charge in [0.2, 0.25) is 11.8 Å². The lowest BCUT2D eigenvalue weighted by Gasteiger charge is -2.40. The molecule has 0 aromatic heterocycles. The Morgan fingerprint density at radius 2 is 2.16 bits per heavy atom. The summed E-state index contributed by atoms with van der Waals surface area (Å²) in [7, 11) is 0. The van der Waals surface area contributed by atoms with Gasteiger partial charge in [-0.3, -0.25) is 9.59 Å². The Balaban J connectivity index is 2.17. The standard InChI is InChI=1S/C14H25N3O2/c1-2-7-14(8-5-9-16-14)13(19)17-10-4-3-6-11(17)12(15)18/h11,16H,2-10H2,1H3,(H2,15,18). The third-order valence-corrected chi connectivity index (χ3v) is 4.42. The van der Waals surface area contributed by atoms with Gasteiger partial charge in [-0.05, 0) is 45.1 Å². The molecule has 2 unspecified atom stereocenters. The van der Waals surface area contributed by atoms with Crippen LogP contribution in [-0.4, -0.2) is 41.4 Å². The lowest BCUT2D eigenvalue weighted by Crippen LogP contribution is -2.60. The van der Waals surface area contributed by atoms with Crippen LogP contribution in [0.25, 0.3) is 0 Å². The molecule has 3 N–H and O–H groups in total. The Labute approximate surface area is 114 Å². The molecule has 2 atom stereocenters. The van der Waals surface area contributed by atoms with Crippen LogP contribution in [0.1, 0.15) is 51.9 Å². The van der Waals surface area contributed by atoms with Crippen LogP contribution in [-0.2, 0) is 9.59 Å². The average Bonchev–Trinajstić information content (AvgIpc) is 2.88. The first-order valence-corrected chi connectivity index (χ1v) is 7.46. The fraction of sp³-hybridized carbons (Fsp3) is 0.857. The minimum atomic E-state index is -0.445. The molecule has 2 heterocycles. The van der Waals surface area contributed by atoms with Crippen LogP contribution in [0.15, 0.2) is 0 Å². The number of nitrogens with zero attached hydrogens (tertiary/aromatic N) is 1. The zero-order valence-corrected chi connectivity index (χ0v) is 11.8. The van der Waals surface area contributed by atoms with Crippen molar-refractivity contribution >= 4 is 11.8 Å². The number of amides is 2. The first kappa shape index (κ1) is 14.3. The summed E-state index contributed by atoms with van der Waals surface area (Å²) in [5.41, 5.74) is 5.01. The summed E-state index contributed by atoms with van der Waals surface area (Å²) in [6.45, 7) is 3.65. The molecular formula is C14H25N3O2. The van der Waals surface area contributed by atoms with E-state index in [4.69, 9.17) is 5.73 Å². The second-order valence-electron chi connectivity index (χ2n) is 5.77. The highest BCUT2D eigenvalue weighted by Crippen LogP contribution is 2.30. The van der Waals surface area contributed by atoms with Crippen molar-refractivity contribution < 1.29 is 9.59 Å². The number of primary amides is 1. The molecule has 0 saturated carbocycles. The van der Waals surface area contributed by atoms with Gasteiger partial charge in [0.25, 0.3) is 0 Å². The minimum absolute atomic E-state index is 0.0929. The first-order valence-electron chi connectivity index (χ1n) is 7.46. The van der Waals surface area contributed by atoms with Crippen molar-refractivity contribution in [3.8, 4) is 0 Å². The maximum absolute atomic E-state index is 12.9. The van der Waals surface area contributed by atoms with Crippen molar-refractivity contribution in [3.63, 3.8) is 0 Å². The summed E-state index contributed by atoms with van der Waals surface area (Å²) in [6.07, 6.45) is 6.37. The fourth-order valence-electron chi connectivity index (χ4n) is 3.48. The molecule has 108 valence electrons. The van der Waals surface area contributed by atoms with Gasteiger partial charge < -0.3 is 16.0 Å². The van der Waals surface area contributed by atoms with E-state index in [1.165, 1.54) is 0 Å². The van der Waals surface area contributed by atoms with E-state index in [1.54, 1.807) is 4.90 Å². The van der Waals surface area contributed by atoms with E-state index in [9.17, 15) is 9.59 Å². The van der Waals surface area contributed by atoms with Gasteiger partial charge in [-0.2, -0.15) is 0 Å². The molecular weight excluding hydrogens is 242 g/mol. The normalized spacial score (nSPS) is 31.4. The number of rotatable bonds is 4. The number of likely N-dealkylation sites (tertiary alicyclic amines) is 1. The number of hydrogen-bond acceptors (Lipinski definition) is 3. The minimum Gasteiger partial charge on any atom is -0.368 e. The second-order valence-corrected chi connectivity index (χ2v) is 5.77. The van der Waals surface area contributed by atoms with Gasteiger partial charge >= 0.3 is 0 Å². The number of nitrogens with one attached hydrogen (secondary N) is 1. The molecule has 2 fully saturated rings. The van der Waals surface area contributed by atoms with Crippen molar-refractivity contribution in [1.29, 1.82) is 0 Å². The Morgan fingerprint density at radius 3 is 2.74 bits per heavy atom. The second kappa shape index (κ2) is 5.90. The van der Waals surface area contributed by atoms with Crippen LogP contribution in [0.3, 0.4) is 0 Å². The topological polar surface area (TPSA) is 75.4 Å². The zero-order chi connectivity index (χ0) is 13.9. The third-order valence-electron chi connectivity index (χ3n) is 4.42. The van der Waals surface area contributed by atoms with Crippen molar-refractivity contribution in [2.75, 3.05) is 13.1 Å². The van der Waals surface area contributed by atoms with E-state index < -0.39 is 11.6 Å². The van der Waals surface area contributed by atoms with Gasteiger partial charge in [-0.25, -0.2) is 0 Å². The lowest BCUT2D eigenvalue weighted by atomic mass is 9.88. The number of carbonyl (C=O) groups excluding carboxylic acids is 2. The Bertz CT molecular complexity index is 351. The average molecular weight is 267 g/mol. The van der Waals surface area contributed by atoms with Crippen LogP contribution in [0.4, 0.5) is 0 Å². The first-order chi connectivity index (χ1) is 9.10. The predicted octanol–water partition coefficient (Wildman–Crippen LogP) is 0.775. The molecule has 0 spiro atoms. The smallest absolute Gasteiger partial charge is 0.243 e. The largest absolute Gasteiger partial charge is 0.368 e. The molecule has 2 aliphatic heterocycles. The molecule has 5 heteroatoms. The molecule has 2 aliphatic rings. The van der Waals surface area contributed by atoms with Crippen LogP contribution in [0, 0.1) is 0 Å². The molecule has 2 rings (SSSR count). The van der Waals surface area contributed by atoms with Crippen molar-refractivity contribution in [2.45, 2.75) is 63.5 Å².